The van der Waals surface area contributed by atoms with E-state index in [1.165, 1.54) is 25.8 Å². The van der Waals surface area contributed by atoms with Gasteiger partial charge in [-0.25, -0.2) is 0 Å². The molecule has 1 saturated heterocycles. The van der Waals surface area contributed by atoms with Gasteiger partial charge in [-0.05, 0) is 49.4 Å². The standard InChI is InChI=1S/C18H26N2O2/c1-19(2)18(21)14-7-9-16(10-8-14)22-12-4-11-20-13-15-5-3-6-17(15)20/h7-10,15,17H,3-6,11-13H2,1-2H3/t15-,17-/m1/s1. The van der Waals surface area contributed by atoms with E-state index in [1.807, 2.05) is 24.3 Å². The van der Waals surface area contributed by atoms with Gasteiger partial charge in [0.2, 0.25) is 0 Å². The van der Waals surface area contributed by atoms with Crippen LogP contribution in [0.5, 0.6) is 5.75 Å². The highest BCUT2D eigenvalue weighted by Crippen LogP contribution is 2.38. The van der Waals surface area contributed by atoms with E-state index in [9.17, 15) is 4.79 Å². The molecule has 2 aliphatic rings. The fraction of sp³-hybridized carbons (Fsp3) is 0.611. The third-order valence-corrected chi connectivity index (χ3v) is 4.92. The van der Waals surface area contributed by atoms with E-state index in [-0.39, 0.29) is 5.91 Å². The quantitative estimate of drug-likeness (QED) is 0.757. The van der Waals surface area contributed by atoms with E-state index in [1.54, 1.807) is 19.0 Å². The van der Waals surface area contributed by atoms with Crippen molar-refractivity contribution < 1.29 is 9.53 Å². The van der Waals surface area contributed by atoms with Crippen LogP contribution in [0.15, 0.2) is 24.3 Å². The van der Waals surface area contributed by atoms with Crippen molar-refractivity contribution in [1.29, 1.82) is 0 Å². The van der Waals surface area contributed by atoms with E-state index < -0.39 is 0 Å². The summed E-state index contributed by atoms with van der Waals surface area (Å²) >= 11 is 0. The Morgan fingerprint density at radius 2 is 2.05 bits per heavy atom. The van der Waals surface area contributed by atoms with Gasteiger partial charge >= 0.3 is 0 Å². The van der Waals surface area contributed by atoms with Crippen LogP contribution in [0, 0.1) is 5.92 Å². The van der Waals surface area contributed by atoms with E-state index in [2.05, 4.69) is 4.90 Å². The monoisotopic (exact) mass is 302 g/mol. The molecule has 1 amide bonds. The van der Waals surface area contributed by atoms with Crippen molar-refractivity contribution in [3.8, 4) is 5.75 Å². The van der Waals surface area contributed by atoms with Crippen molar-refractivity contribution in [2.45, 2.75) is 31.7 Å². The molecular formula is C18H26N2O2. The summed E-state index contributed by atoms with van der Waals surface area (Å²) in [5.74, 6) is 1.86. The first-order valence-electron chi connectivity index (χ1n) is 8.34. The molecule has 4 heteroatoms. The predicted octanol–water partition coefficient (Wildman–Crippen LogP) is 2.64. The van der Waals surface area contributed by atoms with Crippen LogP contribution in [0.3, 0.4) is 0 Å². The highest BCUT2D eigenvalue weighted by Gasteiger charge is 2.41. The summed E-state index contributed by atoms with van der Waals surface area (Å²) in [4.78, 5) is 16.0. The van der Waals surface area contributed by atoms with Crippen LogP contribution in [0.2, 0.25) is 0 Å². The number of nitrogens with zero attached hydrogens (tertiary/aromatic N) is 2. The Morgan fingerprint density at radius 1 is 1.27 bits per heavy atom. The maximum absolute atomic E-state index is 11.8. The van der Waals surface area contributed by atoms with Gasteiger partial charge < -0.3 is 9.64 Å². The number of hydrogen-bond acceptors (Lipinski definition) is 3. The molecule has 0 aromatic heterocycles. The second-order valence-corrected chi connectivity index (χ2v) is 6.68. The normalized spacial score (nSPS) is 23.7. The molecule has 22 heavy (non-hydrogen) atoms. The smallest absolute Gasteiger partial charge is 0.253 e. The molecule has 2 atom stereocenters. The Hall–Kier alpha value is -1.55. The zero-order chi connectivity index (χ0) is 15.5. The molecule has 0 unspecified atom stereocenters. The minimum Gasteiger partial charge on any atom is -0.494 e. The fourth-order valence-electron chi connectivity index (χ4n) is 3.68. The second-order valence-electron chi connectivity index (χ2n) is 6.68. The summed E-state index contributed by atoms with van der Waals surface area (Å²) < 4.78 is 5.78. The van der Waals surface area contributed by atoms with Gasteiger partial charge in [-0.3, -0.25) is 9.69 Å². The van der Waals surface area contributed by atoms with E-state index in [0.29, 0.717) is 5.56 Å². The van der Waals surface area contributed by atoms with Crippen LogP contribution >= 0.6 is 0 Å². The molecule has 0 radical (unpaired) electrons. The predicted molar refractivity (Wildman–Crippen MR) is 87.3 cm³/mol. The fourth-order valence-corrected chi connectivity index (χ4v) is 3.68. The molecule has 1 aromatic rings. The Morgan fingerprint density at radius 3 is 2.73 bits per heavy atom. The third-order valence-electron chi connectivity index (χ3n) is 4.92. The summed E-state index contributed by atoms with van der Waals surface area (Å²) in [6, 6.07) is 8.30. The number of ether oxygens (including phenoxy) is 1. The van der Waals surface area contributed by atoms with E-state index >= 15 is 0 Å². The number of fused-ring (bicyclic) bond motifs is 1. The number of rotatable bonds is 6. The molecule has 0 N–H and O–H groups in total. The highest BCUT2D eigenvalue weighted by molar-refractivity contribution is 5.93. The summed E-state index contributed by atoms with van der Waals surface area (Å²) in [6.07, 6.45) is 5.32. The van der Waals surface area contributed by atoms with Gasteiger partial charge in [0.05, 0.1) is 6.61 Å². The second kappa shape index (κ2) is 6.69. The molecule has 1 saturated carbocycles. The average molecular weight is 302 g/mol. The number of likely N-dealkylation sites (tertiary alicyclic amines) is 1. The summed E-state index contributed by atoms with van der Waals surface area (Å²) in [5.41, 5.74) is 0.699. The first-order valence-corrected chi connectivity index (χ1v) is 8.34. The maximum atomic E-state index is 11.8. The Bertz CT molecular complexity index is 512. The van der Waals surface area contributed by atoms with Crippen molar-refractivity contribution in [2.75, 3.05) is 33.8 Å². The molecule has 0 spiro atoms. The van der Waals surface area contributed by atoms with Gasteiger partial charge in [0.25, 0.3) is 5.91 Å². The van der Waals surface area contributed by atoms with Crippen LogP contribution in [0.4, 0.5) is 0 Å². The Labute approximate surface area is 133 Å². The first kappa shape index (κ1) is 15.3. The number of benzene rings is 1. The number of hydrogen-bond donors (Lipinski definition) is 0. The van der Waals surface area contributed by atoms with Crippen LogP contribution < -0.4 is 4.74 Å². The third kappa shape index (κ3) is 3.27. The van der Waals surface area contributed by atoms with Gasteiger partial charge in [0.15, 0.2) is 0 Å². The number of carbonyl (C=O) groups excluding carboxylic acids is 1. The average Bonchev–Trinajstić information content (AvgIpc) is 2.88. The van der Waals surface area contributed by atoms with Crippen LogP contribution in [0.25, 0.3) is 0 Å². The van der Waals surface area contributed by atoms with Gasteiger partial charge in [-0.2, -0.15) is 0 Å². The van der Waals surface area contributed by atoms with E-state index in [0.717, 1.165) is 37.3 Å². The molecule has 1 heterocycles. The minimum atomic E-state index is 0.0236. The van der Waals surface area contributed by atoms with Crippen molar-refractivity contribution in [2.24, 2.45) is 5.92 Å². The first-order chi connectivity index (χ1) is 10.6. The van der Waals surface area contributed by atoms with E-state index in [4.69, 9.17) is 4.74 Å². The number of carbonyl (C=O) groups is 1. The van der Waals surface area contributed by atoms with Gasteiger partial charge in [-0.15, -0.1) is 0 Å². The van der Waals surface area contributed by atoms with Crippen molar-refractivity contribution >= 4 is 5.91 Å². The molecule has 1 aliphatic heterocycles. The Balaban J connectivity index is 1.38. The SMILES string of the molecule is CN(C)C(=O)c1ccc(OCCCN2C[C@H]3CCC[C@H]32)cc1. The molecule has 120 valence electrons. The molecule has 1 aliphatic carbocycles. The largest absolute Gasteiger partial charge is 0.494 e. The van der Waals surface area contributed by atoms with Crippen molar-refractivity contribution in [3.63, 3.8) is 0 Å². The zero-order valence-corrected chi connectivity index (χ0v) is 13.6. The Kier molecular flexibility index (Phi) is 4.67. The summed E-state index contributed by atoms with van der Waals surface area (Å²) in [7, 11) is 3.52. The maximum Gasteiger partial charge on any atom is 0.253 e. The zero-order valence-electron chi connectivity index (χ0n) is 13.6. The lowest BCUT2D eigenvalue weighted by Crippen LogP contribution is -2.53. The lowest BCUT2D eigenvalue weighted by molar-refractivity contribution is 0.0341. The van der Waals surface area contributed by atoms with Crippen LogP contribution in [0.1, 0.15) is 36.0 Å². The molecule has 4 nitrogen and oxygen atoms in total. The molecule has 2 fully saturated rings. The molecule has 0 bridgehead atoms. The summed E-state index contributed by atoms with van der Waals surface area (Å²) in [6.45, 7) is 3.19. The van der Waals surface area contributed by atoms with Crippen molar-refractivity contribution in [3.05, 3.63) is 29.8 Å². The van der Waals surface area contributed by atoms with Crippen LogP contribution in [-0.4, -0.2) is 55.5 Å². The van der Waals surface area contributed by atoms with Crippen LogP contribution in [-0.2, 0) is 0 Å². The van der Waals surface area contributed by atoms with Gasteiger partial charge in [-0.1, -0.05) is 6.42 Å². The minimum absolute atomic E-state index is 0.0236. The molecular weight excluding hydrogens is 276 g/mol. The van der Waals surface area contributed by atoms with Crippen molar-refractivity contribution in [1.82, 2.24) is 9.80 Å². The lowest BCUT2D eigenvalue weighted by atomic mass is 9.92. The molecule has 1 aromatic carbocycles. The van der Waals surface area contributed by atoms with Gasteiger partial charge in [0.1, 0.15) is 5.75 Å². The molecule has 3 rings (SSSR count). The summed E-state index contributed by atoms with van der Waals surface area (Å²) in [5, 5.41) is 0. The highest BCUT2D eigenvalue weighted by atomic mass is 16.5. The van der Waals surface area contributed by atoms with Gasteiger partial charge in [0, 0.05) is 38.8 Å². The lowest BCUT2D eigenvalue weighted by Gasteiger charge is -2.44. The topological polar surface area (TPSA) is 32.8 Å². The number of amides is 1.